The van der Waals surface area contributed by atoms with E-state index in [0.717, 1.165) is 18.5 Å². The van der Waals surface area contributed by atoms with E-state index in [2.05, 4.69) is 15.6 Å². The number of carbonyl (C=O) groups is 1. The number of aromatic nitrogens is 1. The van der Waals surface area contributed by atoms with Crippen LogP contribution in [0.5, 0.6) is 0 Å². The van der Waals surface area contributed by atoms with Crippen molar-refractivity contribution in [3.63, 3.8) is 0 Å². The standard InChI is InChI=1S/C14H21N3O2/c1-14(2,3)19-13(18)17-12-7-6-10(9-16-12)11-5-4-8-15-11/h6-7,9,11,15H,4-5,8H2,1-3H3,(H,16,17,18)/t11-/m0/s1. The van der Waals surface area contributed by atoms with E-state index in [0.29, 0.717) is 11.9 Å². The zero-order valence-electron chi connectivity index (χ0n) is 11.7. The molecular formula is C14H21N3O2. The van der Waals surface area contributed by atoms with Crippen LogP contribution >= 0.6 is 0 Å². The van der Waals surface area contributed by atoms with Gasteiger partial charge in [0.15, 0.2) is 0 Å². The molecule has 1 fully saturated rings. The molecular weight excluding hydrogens is 242 g/mol. The zero-order chi connectivity index (χ0) is 13.9. The Kier molecular flexibility index (Phi) is 4.04. The smallest absolute Gasteiger partial charge is 0.413 e. The van der Waals surface area contributed by atoms with E-state index in [1.54, 1.807) is 12.3 Å². The Labute approximate surface area is 113 Å². The van der Waals surface area contributed by atoms with Gasteiger partial charge in [0.25, 0.3) is 0 Å². The number of ether oxygens (including phenoxy) is 1. The van der Waals surface area contributed by atoms with Gasteiger partial charge < -0.3 is 10.1 Å². The summed E-state index contributed by atoms with van der Waals surface area (Å²) in [5, 5.41) is 6.04. The van der Waals surface area contributed by atoms with Gasteiger partial charge in [0.05, 0.1) is 0 Å². The van der Waals surface area contributed by atoms with Crippen molar-refractivity contribution in [3.8, 4) is 0 Å². The fourth-order valence-electron chi connectivity index (χ4n) is 2.06. The number of nitrogens with one attached hydrogen (secondary N) is 2. The first-order chi connectivity index (χ1) is 8.94. The number of hydrogen-bond donors (Lipinski definition) is 2. The molecule has 1 amide bonds. The van der Waals surface area contributed by atoms with Gasteiger partial charge in [-0.25, -0.2) is 9.78 Å². The van der Waals surface area contributed by atoms with Crippen LogP contribution in [-0.4, -0.2) is 23.2 Å². The molecule has 19 heavy (non-hydrogen) atoms. The van der Waals surface area contributed by atoms with Crippen molar-refractivity contribution in [2.24, 2.45) is 0 Å². The minimum Gasteiger partial charge on any atom is -0.444 e. The van der Waals surface area contributed by atoms with Crippen LogP contribution in [0.4, 0.5) is 10.6 Å². The first-order valence-corrected chi connectivity index (χ1v) is 6.63. The van der Waals surface area contributed by atoms with Crippen LogP contribution in [0.15, 0.2) is 18.3 Å². The third kappa shape index (κ3) is 4.21. The van der Waals surface area contributed by atoms with Gasteiger partial charge in [0.1, 0.15) is 11.4 Å². The molecule has 104 valence electrons. The van der Waals surface area contributed by atoms with Crippen LogP contribution in [0, 0.1) is 0 Å². The average Bonchev–Trinajstić information content (AvgIpc) is 2.80. The number of rotatable bonds is 2. The topological polar surface area (TPSA) is 63.2 Å². The van der Waals surface area contributed by atoms with E-state index in [1.165, 1.54) is 6.42 Å². The van der Waals surface area contributed by atoms with Crippen LogP contribution in [0.1, 0.15) is 45.2 Å². The van der Waals surface area contributed by atoms with Crippen molar-refractivity contribution in [1.29, 1.82) is 0 Å². The maximum Gasteiger partial charge on any atom is 0.413 e. The third-order valence-electron chi connectivity index (χ3n) is 2.88. The molecule has 1 atom stereocenters. The van der Waals surface area contributed by atoms with Crippen molar-refractivity contribution in [3.05, 3.63) is 23.9 Å². The Balaban J connectivity index is 1.93. The van der Waals surface area contributed by atoms with Gasteiger partial charge in [-0.1, -0.05) is 6.07 Å². The van der Waals surface area contributed by atoms with Crippen LogP contribution in [0.3, 0.4) is 0 Å². The summed E-state index contributed by atoms with van der Waals surface area (Å²) in [6.45, 7) is 6.54. The number of amides is 1. The Morgan fingerprint density at radius 1 is 1.47 bits per heavy atom. The van der Waals surface area contributed by atoms with Crippen molar-refractivity contribution < 1.29 is 9.53 Å². The molecule has 1 saturated heterocycles. The number of carbonyl (C=O) groups excluding carboxylic acids is 1. The lowest BCUT2D eigenvalue weighted by Crippen LogP contribution is -2.27. The molecule has 0 unspecified atom stereocenters. The molecule has 1 aromatic rings. The first-order valence-electron chi connectivity index (χ1n) is 6.63. The molecule has 1 aliphatic heterocycles. The highest BCUT2D eigenvalue weighted by molar-refractivity contribution is 5.83. The quantitative estimate of drug-likeness (QED) is 0.861. The van der Waals surface area contributed by atoms with Crippen LogP contribution < -0.4 is 10.6 Å². The van der Waals surface area contributed by atoms with E-state index in [1.807, 2.05) is 26.8 Å². The highest BCUT2D eigenvalue weighted by Crippen LogP contribution is 2.22. The molecule has 0 aliphatic carbocycles. The average molecular weight is 263 g/mol. The second-order valence-electron chi connectivity index (χ2n) is 5.75. The maximum absolute atomic E-state index is 11.6. The molecule has 5 nitrogen and oxygen atoms in total. The van der Waals surface area contributed by atoms with Gasteiger partial charge in [0.2, 0.25) is 0 Å². The van der Waals surface area contributed by atoms with E-state index in [4.69, 9.17) is 4.74 Å². The Hall–Kier alpha value is -1.62. The van der Waals surface area contributed by atoms with E-state index < -0.39 is 11.7 Å². The summed E-state index contributed by atoms with van der Waals surface area (Å²) in [7, 11) is 0. The maximum atomic E-state index is 11.6. The fourth-order valence-corrected chi connectivity index (χ4v) is 2.06. The molecule has 2 heterocycles. The molecule has 1 aliphatic rings. The van der Waals surface area contributed by atoms with E-state index in [9.17, 15) is 4.79 Å². The molecule has 0 radical (unpaired) electrons. The normalized spacial score (nSPS) is 19.2. The van der Waals surface area contributed by atoms with Crippen LogP contribution in [0.2, 0.25) is 0 Å². The second kappa shape index (κ2) is 5.57. The SMILES string of the molecule is CC(C)(C)OC(=O)Nc1ccc([C@@H]2CCCN2)cn1. The Morgan fingerprint density at radius 3 is 2.79 bits per heavy atom. The molecule has 1 aromatic heterocycles. The monoisotopic (exact) mass is 263 g/mol. The predicted octanol–water partition coefficient (Wildman–Crippen LogP) is 2.85. The molecule has 5 heteroatoms. The minimum absolute atomic E-state index is 0.392. The summed E-state index contributed by atoms with van der Waals surface area (Å²) >= 11 is 0. The lowest BCUT2D eigenvalue weighted by Gasteiger charge is -2.19. The minimum atomic E-state index is -0.502. The largest absolute Gasteiger partial charge is 0.444 e. The van der Waals surface area contributed by atoms with Gasteiger partial charge >= 0.3 is 6.09 Å². The highest BCUT2D eigenvalue weighted by Gasteiger charge is 2.18. The number of nitrogens with zero attached hydrogens (tertiary/aromatic N) is 1. The summed E-state index contributed by atoms with van der Waals surface area (Å²) in [6.07, 6.45) is 3.66. The summed E-state index contributed by atoms with van der Waals surface area (Å²) < 4.78 is 5.17. The van der Waals surface area contributed by atoms with Crippen molar-refractivity contribution >= 4 is 11.9 Å². The fraction of sp³-hybridized carbons (Fsp3) is 0.571. The van der Waals surface area contributed by atoms with E-state index in [-0.39, 0.29) is 0 Å². The summed E-state index contributed by atoms with van der Waals surface area (Å²) in [5.41, 5.74) is 0.657. The van der Waals surface area contributed by atoms with Gasteiger partial charge in [-0.15, -0.1) is 0 Å². The molecule has 2 rings (SSSR count). The molecule has 0 spiro atoms. The summed E-state index contributed by atoms with van der Waals surface area (Å²) in [6, 6.07) is 4.19. The molecule has 0 saturated carbocycles. The Morgan fingerprint density at radius 2 is 2.26 bits per heavy atom. The van der Waals surface area contributed by atoms with Gasteiger partial charge in [-0.3, -0.25) is 5.32 Å². The molecule has 0 bridgehead atoms. The van der Waals surface area contributed by atoms with Gasteiger partial charge in [-0.2, -0.15) is 0 Å². The number of pyridine rings is 1. The number of anilines is 1. The van der Waals surface area contributed by atoms with Gasteiger partial charge in [-0.05, 0) is 51.8 Å². The molecule has 0 aromatic carbocycles. The first kappa shape index (κ1) is 13.8. The van der Waals surface area contributed by atoms with Crippen molar-refractivity contribution in [1.82, 2.24) is 10.3 Å². The van der Waals surface area contributed by atoms with Crippen LogP contribution in [0.25, 0.3) is 0 Å². The second-order valence-corrected chi connectivity index (χ2v) is 5.75. The lowest BCUT2D eigenvalue weighted by atomic mass is 10.1. The highest BCUT2D eigenvalue weighted by atomic mass is 16.6. The zero-order valence-corrected chi connectivity index (χ0v) is 11.7. The molecule has 2 N–H and O–H groups in total. The lowest BCUT2D eigenvalue weighted by molar-refractivity contribution is 0.0635. The Bertz CT molecular complexity index is 431. The van der Waals surface area contributed by atoms with Crippen molar-refractivity contribution in [2.75, 3.05) is 11.9 Å². The summed E-state index contributed by atoms with van der Waals surface area (Å²) in [5.74, 6) is 0.510. The third-order valence-corrected chi connectivity index (χ3v) is 2.88. The summed E-state index contributed by atoms with van der Waals surface area (Å²) in [4.78, 5) is 15.8. The van der Waals surface area contributed by atoms with E-state index >= 15 is 0 Å². The number of hydrogen-bond acceptors (Lipinski definition) is 4. The van der Waals surface area contributed by atoms with Crippen LogP contribution in [-0.2, 0) is 4.74 Å². The predicted molar refractivity (Wildman–Crippen MR) is 74.1 cm³/mol. The van der Waals surface area contributed by atoms with Gasteiger partial charge in [0, 0.05) is 12.2 Å². The van der Waals surface area contributed by atoms with Crippen molar-refractivity contribution in [2.45, 2.75) is 45.3 Å².